The molecule has 10 nitrogen and oxygen atoms in total. The number of piperidine rings is 1. The predicted octanol–water partition coefficient (Wildman–Crippen LogP) is 2.12. The highest BCUT2D eigenvalue weighted by atomic mass is 16.2. The summed E-state index contributed by atoms with van der Waals surface area (Å²) >= 11 is 0. The molecule has 10 heteroatoms. The summed E-state index contributed by atoms with van der Waals surface area (Å²) in [5.41, 5.74) is 1.32. The van der Waals surface area contributed by atoms with Gasteiger partial charge in [-0.25, -0.2) is 14.6 Å². The Hall–Kier alpha value is -3.82. The van der Waals surface area contributed by atoms with Crippen molar-refractivity contribution in [3.63, 3.8) is 0 Å². The van der Waals surface area contributed by atoms with Gasteiger partial charge in [-0.1, -0.05) is 0 Å². The standard InChI is InChI=1S/C21H24N8O2/c1-15(29-14-23-13-25-29)20(30)26-17-4-6-18(7-5-17)27-21(31)16-3-2-10-28(12-16)19-11-22-8-9-24-19/h4-9,11,13-16H,2-3,10,12H2,1H3,(H,26,30)(H,27,31). The van der Waals surface area contributed by atoms with Gasteiger partial charge in [-0.2, -0.15) is 5.10 Å². The maximum absolute atomic E-state index is 12.8. The number of amides is 2. The number of nitrogens with one attached hydrogen (secondary N) is 2. The fourth-order valence-electron chi connectivity index (χ4n) is 3.52. The number of carbonyl (C=O) groups excluding carboxylic acids is 2. The van der Waals surface area contributed by atoms with Crippen molar-refractivity contribution in [3.05, 3.63) is 55.5 Å². The number of aromatic nitrogens is 5. The second-order valence-corrected chi connectivity index (χ2v) is 7.46. The molecule has 2 aromatic heterocycles. The van der Waals surface area contributed by atoms with Crippen LogP contribution in [0.4, 0.5) is 17.2 Å². The first kappa shape index (κ1) is 20.5. The van der Waals surface area contributed by atoms with Crippen LogP contribution in [0.15, 0.2) is 55.5 Å². The van der Waals surface area contributed by atoms with Gasteiger partial charge in [-0.3, -0.25) is 14.6 Å². The van der Waals surface area contributed by atoms with Crippen LogP contribution in [0.5, 0.6) is 0 Å². The molecule has 0 radical (unpaired) electrons. The van der Waals surface area contributed by atoms with E-state index in [-0.39, 0.29) is 17.7 Å². The molecule has 3 heterocycles. The van der Waals surface area contributed by atoms with Gasteiger partial charge in [0, 0.05) is 36.9 Å². The van der Waals surface area contributed by atoms with E-state index >= 15 is 0 Å². The first-order valence-corrected chi connectivity index (χ1v) is 10.2. The van der Waals surface area contributed by atoms with Gasteiger partial charge in [0.1, 0.15) is 24.5 Å². The van der Waals surface area contributed by atoms with E-state index in [1.165, 1.54) is 17.3 Å². The summed E-state index contributed by atoms with van der Waals surface area (Å²) < 4.78 is 1.48. The molecular weight excluding hydrogens is 396 g/mol. The zero-order valence-electron chi connectivity index (χ0n) is 17.2. The smallest absolute Gasteiger partial charge is 0.249 e. The lowest BCUT2D eigenvalue weighted by molar-refractivity contribution is -0.120. The van der Waals surface area contributed by atoms with Crippen molar-refractivity contribution in [1.29, 1.82) is 0 Å². The minimum atomic E-state index is -0.481. The molecule has 1 saturated heterocycles. The van der Waals surface area contributed by atoms with Crippen molar-refractivity contribution in [2.75, 3.05) is 28.6 Å². The first-order chi connectivity index (χ1) is 15.1. The average Bonchev–Trinajstić information content (AvgIpc) is 3.35. The fraction of sp³-hybridized carbons (Fsp3) is 0.333. The van der Waals surface area contributed by atoms with E-state index < -0.39 is 6.04 Å². The number of nitrogens with zero attached hydrogens (tertiary/aromatic N) is 6. The summed E-state index contributed by atoms with van der Waals surface area (Å²) in [5, 5.41) is 9.79. The maximum Gasteiger partial charge on any atom is 0.249 e. The number of carbonyl (C=O) groups is 2. The Bertz CT molecular complexity index is 1010. The molecule has 4 rings (SSSR count). The molecular formula is C21H24N8O2. The van der Waals surface area contributed by atoms with E-state index in [2.05, 4.69) is 35.6 Å². The highest BCUT2D eigenvalue weighted by Gasteiger charge is 2.26. The van der Waals surface area contributed by atoms with E-state index in [4.69, 9.17) is 0 Å². The van der Waals surface area contributed by atoms with Crippen molar-refractivity contribution in [2.24, 2.45) is 5.92 Å². The number of hydrogen-bond acceptors (Lipinski definition) is 7. The lowest BCUT2D eigenvalue weighted by Gasteiger charge is -2.32. The van der Waals surface area contributed by atoms with Crippen molar-refractivity contribution in [2.45, 2.75) is 25.8 Å². The molecule has 1 aliphatic heterocycles. The Morgan fingerprint density at radius 1 is 1.10 bits per heavy atom. The van der Waals surface area contributed by atoms with Crippen molar-refractivity contribution in [1.82, 2.24) is 24.7 Å². The zero-order chi connectivity index (χ0) is 21.6. The second-order valence-electron chi connectivity index (χ2n) is 7.46. The second kappa shape index (κ2) is 9.33. The molecule has 160 valence electrons. The van der Waals surface area contributed by atoms with E-state index in [1.54, 1.807) is 49.8 Å². The van der Waals surface area contributed by atoms with Crippen LogP contribution < -0.4 is 15.5 Å². The molecule has 2 amide bonds. The van der Waals surface area contributed by atoms with E-state index in [1.807, 2.05) is 0 Å². The molecule has 1 aromatic carbocycles. The third-order valence-corrected chi connectivity index (χ3v) is 5.30. The SMILES string of the molecule is CC(C(=O)Nc1ccc(NC(=O)C2CCCN(c3cnccn3)C2)cc1)n1cncn1. The number of anilines is 3. The van der Waals surface area contributed by atoms with Crippen LogP contribution in [-0.2, 0) is 9.59 Å². The lowest BCUT2D eigenvalue weighted by Crippen LogP contribution is -2.41. The summed E-state index contributed by atoms with van der Waals surface area (Å²) in [6, 6.07) is 6.58. The Morgan fingerprint density at radius 2 is 1.87 bits per heavy atom. The molecule has 1 aliphatic rings. The number of benzene rings is 1. The third kappa shape index (κ3) is 5.03. The van der Waals surface area contributed by atoms with Crippen LogP contribution in [0, 0.1) is 5.92 Å². The van der Waals surface area contributed by atoms with Crippen LogP contribution in [0.2, 0.25) is 0 Å². The normalized spacial score (nSPS) is 17.1. The first-order valence-electron chi connectivity index (χ1n) is 10.2. The van der Waals surface area contributed by atoms with Crippen molar-refractivity contribution >= 4 is 29.0 Å². The van der Waals surface area contributed by atoms with Gasteiger partial charge in [-0.05, 0) is 44.0 Å². The largest absolute Gasteiger partial charge is 0.355 e. The Morgan fingerprint density at radius 3 is 2.55 bits per heavy atom. The van der Waals surface area contributed by atoms with Crippen LogP contribution >= 0.6 is 0 Å². The molecule has 1 fully saturated rings. The average molecular weight is 420 g/mol. The van der Waals surface area contributed by atoms with E-state index in [9.17, 15) is 9.59 Å². The summed E-state index contributed by atoms with van der Waals surface area (Å²) in [6.07, 6.45) is 9.65. The monoisotopic (exact) mass is 420 g/mol. The molecule has 3 aromatic rings. The number of rotatable bonds is 6. The molecule has 0 saturated carbocycles. The van der Waals surface area contributed by atoms with Crippen LogP contribution in [0.25, 0.3) is 0 Å². The molecule has 2 unspecified atom stereocenters. The van der Waals surface area contributed by atoms with Crippen LogP contribution in [-0.4, -0.2) is 49.6 Å². The van der Waals surface area contributed by atoms with Crippen LogP contribution in [0.3, 0.4) is 0 Å². The highest BCUT2D eigenvalue weighted by Crippen LogP contribution is 2.23. The maximum atomic E-state index is 12.8. The van der Waals surface area contributed by atoms with E-state index in [0.717, 1.165) is 25.2 Å². The summed E-state index contributed by atoms with van der Waals surface area (Å²) in [7, 11) is 0. The van der Waals surface area contributed by atoms with Gasteiger partial charge in [0.25, 0.3) is 0 Å². The summed E-state index contributed by atoms with van der Waals surface area (Å²) in [5.74, 6) is 0.442. The molecule has 0 bridgehead atoms. The molecule has 0 spiro atoms. The van der Waals surface area contributed by atoms with Crippen molar-refractivity contribution in [3.8, 4) is 0 Å². The Labute approximate surface area is 179 Å². The lowest BCUT2D eigenvalue weighted by atomic mass is 9.97. The zero-order valence-corrected chi connectivity index (χ0v) is 17.2. The Kier molecular flexibility index (Phi) is 6.16. The summed E-state index contributed by atoms with van der Waals surface area (Å²) in [4.78, 5) is 39.5. The topological polar surface area (TPSA) is 118 Å². The molecule has 0 aliphatic carbocycles. The third-order valence-electron chi connectivity index (χ3n) is 5.30. The van der Waals surface area contributed by atoms with Gasteiger partial charge in [0.15, 0.2) is 0 Å². The van der Waals surface area contributed by atoms with Gasteiger partial charge in [0.05, 0.1) is 12.1 Å². The molecule has 2 N–H and O–H groups in total. The minimum Gasteiger partial charge on any atom is -0.355 e. The van der Waals surface area contributed by atoms with Gasteiger partial charge < -0.3 is 15.5 Å². The quantitative estimate of drug-likeness (QED) is 0.627. The van der Waals surface area contributed by atoms with Gasteiger partial charge in [0.2, 0.25) is 11.8 Å². The minimum absolute atomic E-state index is 0.0230. The summed E-state index contributed by atoms with van der Waals surface area (Å²) in [6.45, 7) is 3.22. The molecule has 2 atom stereocenters. The number of hydrogen-bond donors (Lipinski definition) is 2. The Balaban J connectivity index is 1.32. The fourth-order valence-corrected chi connectivity index (χ4v) is 3.52. The van der Waals surface area contributed by atoms with E-state index in [0.29, 0.717) is 17.9 Å². The van der Waals surface area contributed by atoms with Crippen molar-refractivity contribution < 1.29 is 9.59 Å². The molecule has 31 heavy (non-hydrogen) atoms. The highest BCUT2D eigenvalue weighted by molar-refractivity contribution is 5.95. The van der Waals surface area contributed by atoms with Gasteiger partial charge in [-0.15, -0.1) is 0 Å². The van der Waals surface area contributed by atoms with Crippen LogP contribution in [0.1, 0.15) is 25.8 Å². The van der Waals surface area contributed by atoms with Gasteiger partial charge >= 0.3 is 0 Å². The predicted molar refractivity (Wildman–Crippen MR) is 115 cm³/mol.